The molecule has 0 radical (unpaired) electrons. The van der Waals surface area contributed by atoms with E-state index in [-0.39, 0.29) is 0 Å². The van der Waals surface area contributed by atoms with Crippen LogP contribution in [0.4, 0.5) is 5.82 Å². The third-order valence-electron chi connectivity index (χ3n) is 4.11. The Kier molecular flexibility index (Phi) is 2.79. The summed E-state index contributed by atoms with van der Waals surface area (Å²) in [4.78, 5) is 7.30. The van der Waals surface area contributed by atoms with Crippen LogP contribution in [0.5, 0.6) is 0 Å². The van der Waals surface area contributed by atoms with Crippen molar-refractivity contribution in [3.8, 4) is 0 Å². The largest absolute Gasteiger partial charge is 0.352 e. The smallest absolute Gasteiger partial charge is 0.129 e. The van der Waals surface area contributed by atoms with Gasteiger partial charge in [-0.05, 0) is 43.4 Å². The van der Waals surface area contributed by atoms with Crippen LogP contribution in [0.3, 0.4) is 0 Å². The van der Waals surface area contributed by atoms with Gasteiger partial charge in [0.15, 0.2) is 0 Å². The summed E-state index contributed by atoms with van der Waals surface area (Å²) in [6.07, 6.45) is 2.34. The molecule has 2 aliphatic rings. The van der Waals surface area contributed by atoms with Gasteiger partial charge in [-0.1, -0.05) is 6.92 Å². The molecule has 92 valence electrons. The molecule has 1 N–H and O–H groups in total. The van der Waals surface area contributed by atoms with Crippen LogP contribution in [-0.2, 0) is 6.42 Å². The number of nitrogens with one attached hydrogen (secondary N) is 1. The van der Waals surface area contributed by atoms with E-state index in [0.717, 1.165) is 18.9 Å². The molecule has 17 heavy (non-hydrogen) atoms. The van der Waals surface area contributed by atoms with Gasteiger partial charge in [-0.15, -0.1) is 0 Å². The predicted molar refractivity (Wildman–Crippen MR) is 70.5 cm³/mol. The summed E-state index contributed by atoms with van der Waals surface area (Å²) >= 11 is 0. The molecule has 2 saturated heterocycles. The van der Waals surface area contributed by atoms with Crippen LogP contribution < -0.4 is 10.2 Å². The van der Waals surface area contributed by atoms with Gasteiger partial charge < -0.3 is 10.2 Å². The van der Waals surface area contributed by atoms with Crippen molar-refractivity contribution in [3.05, 3.63) is 23.4 Å². The Morgan fingerprint density at radius 2 is 2.29 bits per heavy atom. The summed E-state index contributed by atoms with van der Waals surface area (Å²) in [5.74, 6) is 2.03. The fourth-order valence-electron chi connectivity index (χ4n) is 3.18. The van der Waals surface area contributed by atoms with Crippen molar-refractivity contribution in [2.45, 2.75) is 32.7 Å². The number of hydrogen-bond donors (Lipinski definition) is 1. The molecule has 0 saturated carbocycles. The molecule has 0 aromatic carbocycles. The first-order chi connectivity index (χ1) is 8.28. The molecule has 0 amide bonds. The van der Waals surface area contributed by atoms with Gasteiger partial charge in [0.05, 0.1) is 0 Å². The lowest BCUT2D eigenvalue weighted by Gasteiger charge is -2.25. The highest BCUT2D eigenvalue weighted by Gasteiger charge is 2.38. The molecule has 2 aliphatic heterocycles. The van der Waals surface area contributed by atoms with Crippen molar-refractivity contribution in [2.75, 3.05) is 24.5 Å². The summed E-state index contributed by atoms with van der Waals surface area (Å²) in [6, 6.07) is 5.11. The fraction of sp³-hybridized carbons (Fsp3) is 0.643. The number of nitrogens with zero attached hydrogens (tertiary/aromatic N) is 2. The molecular formula is C14H21N3. The molecule has 0 spiro atoms. The Hall–Kier alpha value is -1.09. The highest BCUT2D eigenvalue weighted by molar-refractivity contribution is 5.45. The van der Waals surface area contributed by atoms with E-state index in [0.29, 0.717) is 6.04 Å². The third-order valence-corrected chi connectivity index (χ3v) is 4.11. The summed E-state index contributed by atoms with van der Waals surface area (Å²) in [5, 5.41) is 3.50. The summed E-state index contributed by atoms with van der Waals surface area (Å²) in [6.45, 7) is 7.84. The number of aryl methyl sites for hydroxylation is 2. The Bertz CT molecular complexity index is 416. The Labute approximate surface area is 103 Å². The minimum absolute atomic E-state index is 0.675. The number of anilines is 1. The van der Waals surface area contributed by atoms with Crippen molar-refractivity contribution in [1.82, 2.24) is 10.3 Å². The molecule has 2 atom stereocenters. The number of rotatable bonds is 2. The van der Waals surface area contributed by atoms with Gasteiger partial charge >= 0.3 is 0 Å². The minimum Gasteiger partial charge on any atom is -0.352 e. The average Bonchev–Trinajstić information content (AvgIpc) is 2.89. The molecule has 0 unspecified atom stereocenters. The Morgan fingerprint density at radius 3 is 3.12 bits per heavy atom. The van der Waals surface area contributed by atoms with E-state index in [1.165, 1.54) is 36.6 Å². The monoisotopic (exact) mass is 231 g/mol. The topological polar surface area (TPSA) is 28.2 Å². The maximum absolute atomic E-state index is 4.79. The van der Waals surface area contributed by atoms with E-state index in [1.807, 2.05) is 0 Å². The third kappa shape index (κ3) is 1.93. The zero-order valence-corrected chi connectivity index (χ0v) is 10.7. The normalized spacial score (nSPS) is 27.5. The zero-order chi connectivity index (χ0) is 11.8. The van der Waals surface area contributed by atoms with E-state index in [2.05, 4.69) is 36.2 Å². The maximum atomic E-state index is 4.79. The van der Waals surface area contributed by atoms with Crippen LogP contribution in [0, 0.1) is 12.8 Å². The Morgan fingerprint density at radius 1 is 1.41 bits per heavy atom. The molecule has 3 heteroatoms. The molecule has 3 rings (SSSR count). The van der Waals surface area contributed by atoms with Crippen molar-refractivity contribution < 1.29 is 0 Å². The lowest BCUT2D eigenvalue weighted by atomic mass is 10.1. The number of pyridine rings is 1. The maximum Gasteiger partial charge on any atom is 0.129 e. The lowest BCUT2D eigenvalue weighted by molar-refractivity contribution is 0.577. The standard InChI is InChI=1S/C14H21N3/c1-3-12-6-10(2)7-14(16-12)17-5-4-11-8-15-9-13(11)17/h6-7,11,13,15H,3-5,8-9H2,1-2H3/t11-,13+/m0/s1. The van der Waals surface area contributed by atoms with E-state index in [4.69, 9.17) is 4.98 Å². The first-order valence-electron chi connectivity index (χ1n) is 6.73. The van der Waals surface area contributed by atoms with Crippen LogP contribution in [0.15, 0.2) is 12.1 Å². The molecule has 2 fully saturated rings. The van der Waals surface area contributed by atoms with E-state index in [1.54, 1.807) is 0 Å². The van der Waals surface area contributed by atoms with Gasteiger partial charge in [-0.2, -0.15) is 0 Å². The zero-order valence-electron chi connectivity index (χ0n) is 10.7. The molecule has 3 nitrogen and oxygen atoms in total. The number of hydrogen-bond acceptors (Lipinski definition) is 3. The fourth-order valence-corrected chi connectivity index (χ4v) is 3.18. The molecular weight excluding hydrogens is 210 g/mol. The summed E-state index contributed by atoms with van der Waals surface area (Å²) < 4.78 is 0. The van der Waals surface area contributed by atoms with Crippen LogP contribution in [-0.4, -0.2) is 30.7 Å². The number of aromatic nitrogens is 1. The quantitative estimate of drug-likeness (QED) is 0.840. The van der Waals surface area contributed by atoms with Crippen LogP contribution in [0.25, 0.3) is 0 Å². The summed E-state index contributed by atoms with van der Waals surface area (Å²) in [7, 11) is 0. The van der Waals surface area contributed by atoms with Gasteiger partial charge in [0, 0.05) is 31.4 Å². The second-order valence-electron chi connectivity index (χ2n) is 5.32. The molecule has 1 aromatic heterocycles. The minimum atomic E-state index is 0.675. The van der Waals surface area contributed by atoms with Gasteiger partial charge in [0.25, 0.3) is 0 Å². The second kappa shape index (κ2) is 4.30. The van der Waals surface area contributed by atoms with Crippen molar-refractivity contribution in [2.24, 2.45) is 5.92 Å². The SMILES string of the molecule is CCc1cc(C)cc(N2CC[C@H]3CNC[C@H]32)n1. The first kappa shape index (κ1) is 11.0. The number of fused-ring (bicyclic) bond motifs is 1. The lowest BCUT2D eigenvalue weighted by Crippen LogP contribution is -2.34. The van der Waals surface area contributed by atoms with Gasteiger partial charge in [-0.25, -0.2) is 4.98 Å². The van der Waals surface area contributed by atoms with Crippen LogP contribution in [0.2, 0.25) is 0 Å². The summed E-state index contributed by atoms with van der Waals surface area (Å²) in [5.41, 5.74) is 2.55. The van der Waals surface area contributed by atoms with Gasteiger partial charge in [0.2, 0.25) is 0 Å². The van der Waals surface area contributed by atoms with E-state index < -0.39 is 0 Å². The van der Waals surface area contributed by atoms with E-state index >= 15 is 0 Å². The molecule has 0 aliphatic carbocycles. The van der Waals surface area contributed by atoms with Gasteiger partial charge in [0.1, 0.15) is 5.82 Å². The van der Waals surface area contributed by atoms with E-state index in [9.17, 15) is 0 Å². The van der Waals surface area contributed by atoms with Crippen LogP contribution >= 0.6 is 0 Å². The van der Waals surface area contributed by atoms with Crippen molar-refractivity contribution in [1.29, 1.82) is 0 Å². The Balaban J connectivity index is 1.90. The molecule has 1 aromatic rings. The first-order valence-corrected chi connectivity index (χ1v) is 6.73. The van der Waals surface area contributed by atoms with Crippen LogP contribution in [0.1, 0.15) is 24.6 Å². The van der Waals surface area contributed by atoms with Crippen molar-refractivity contribution >= 4 is 5.82 Å². The predicted octanol–water partition coefficient (Wildman–Crippen LogP) is 1.75. The van der Waals surface area contributed by atoms with Gasteiger partial charge in [-0.3, -0.25) is 0 Å². The highest BCUT2D eigenvalue weighted by Crippen LogP contribution is 2.31. The second-order valence-corrected chi connectivity index (χ2v) is 5.32. The highest BCUT2D eigenvalue weighted by atomic mass is 15.3. The molecule has 0 bridgehead atoms. The van der Waals surface area contributed by atoms with Crippen molar-refractivity contribution in [3.63, 3.8) is 0 Å². The average molecular weight is 231 g/mol. The molecule has 3 heterocycles.